The Labute approximate surface area is 324 Å². The molecular weight excluding hydrogens is 681 g/mol. The zero-order valence-corrected chi connectivity index (χ0v) is 30.3. The summed E-state index contributed by atoms with van der Waals surface area (Å²) in [5.74, 6) is 1.96. The summed E-state index contributed by atoms with van der Waals surface area (Å²) < 4.78 is 2.52. The van der Waals surface area contributed by atoms with Crippen molar-refractivity contribution < 1.29 is 0 Å². The Balaban J connectivity index is 1.05. The van der Waals surface area contributed by atoms with Gasteiger partial charge in [0.15, 0.2) is 17.5 Å². The summed E-state index contributed by atoms with van der Waals surface area (Å²) >= 11 is 0. The number of benzene rings is 8. The lowest BCUT2D eigenvalue weighted by molar-refractivity contribution is 0.748. The molecule has 0 bridgehead atoms. The Kier molecular flexibility index (Phi) is 6.52. The molecule has 0 fully saturated rings. The standard InChI is InChI=1S/C52H32N4/c1-3-14-34(15-4-1)49-53-50(35-16-5-2-6-17-35)55-51(54-49)36-28-26-33(27-29-36)37-30-31-44-47(32-37)56-46-25-12-9-20-40(46)41-21-13-24-45(48(41)56)52(44)42-22-10-7-18-38(42)39-19-8-11-23-43(39)52/h1-32H. The summed E-state index contributed by atoms with van der Waals surface area (Å²) in [6.45, 7) is 0. The highest BCUT2D eigenvalue weighted by molar-refractivity contribution is 6.13. The van der Waals surface area contributed by atoms with Crippen LogP contribution in [-0.4, -0.2) is 19.5 Å². The van der Waals surface area contributed by atoms with Gasteiger partial charge in [-0.1, -0.05) is 182 Å². The average molecular weight is 713 g/mol. The van der Waals surface area contributed by atoms with Gasteiger partial charge in [0.1, 0.15) is 0 Å². The van der Waals surface area contributed by atoms with Crippen molar-refractivity contribution in [2.75, 3.05) is 0 Å². The molecule has 260 valence electrons. The van der Waals surface area contributed by atoms with Crippen molar-refractivity contribution in [2.24, 2.45) is 0 Å². The van der Waals surface area contributed by atoms with E-state index in [0.717, 1.165) is 27.8 Å². The number of nitrogens with zero attached hydrogens (tertiary/aromatic N) is 4. The van der Waals surface area contributed by atoms with Crippen LogP contribution in [0.1, 0.15) is 22.3 Å². The molecule has 2 aromatic heterocycles. The molecule has 2 aliphatic rings. The summed E-state index contributed by atoms with van der Waals surface area (Å²) in [5.41, 5.74) is 16.3. The Morgan fingerprint density at radius 3 is 1.46 bits per heavy atom. The van der Waals surface area contributed by atoms with Gasteiger partial charge in [-0.2, -0.15) is 0 Å². The fraction of sp³-hybridized carbons (Fsp3) is 0.0192. The van der Waals surface area contributed by atoms with Crippen molar-refractivity contribution in [3.8, 4) is 62.1 Å². The van der Waals surface area contributed by atoms with Crippen LogP contribution in [0.5, 0.6) is 0 Å². The van der Waals surface area contributed by atoms with Crippen LogP contribution in [0.2, 0.25) is 0 Å². The summed E-state index contributed by atoms with van der Waals surface area (Å²) in [4.78, 5) is 14.8. The summed E-state index contributed by atoms with van der Waals surface area (Å²) in [7, 11) is 0. The molecule has 0 unspecified atom stereocenters. The Morgan fingerprint density at radius 2 is 0.821 bits per heavy atom. The zero-order valence-electron chi connectivity index (χ0n) is 30.3. The van der Waals surface area contributed by atoms with E-state index in [1.165, 1.54) is 60.9 Å². The van der Waals surface area contributed by atoms with E-state index in [2.05, 4.69) is 138 Å². The number of fused-ring (bicyclic) bond motifs is 12. The lowest BCUT2D eigenvalue weighted by Gasteiger charge is -2.39. The lowest BCUT2D eigenvalue weighted by atomic mass is 9.65. The monoisotopic (exact) mass is 712 g/mol. The molecule has 4 nitrogen and oxygen atoms in total. The van der Waals surface area contributed by atoms with E-state index in [4.69, 9.17) is 15.0 Å². The molecule has 1 aliphatic heterocycles. The van der Waals surface area contributed by atoms with Crippen LogP contribution in [0.15, 0.2) is 194 Å². The molecule has 1 spiro atoms. The van der Waals surface area contributed by atoms with Crippen LogP contribution in [0.3, 0.4) is 0 Å². The van der Waals surface area contributed by atoms with Crippen molar-refractivity contribution in [1.82, 2.24) is 19.5 Å². The van der Waals surface area contributed by atoms with E-state index in [9.17, 15) is 0 Å². The van der Waals surface area contributed by atoms with Gasteiger partial charge in [0.25, 0.3) is 0 Å². The quantitative estimate of drug-likeness (QED) is 0.182. The Hall–Kier alpha value is -7.43. The molecule has 0 atom stereocenters. The minimum atomic E-state index is -0.458. The van der Waals surface area contributed by atoms with Crippen LogP contribution >= 0.6 is 0 Å². The van der Waals surface area contributed by atoms with Crippen molar-refractivity contribution in [1.29, 1.82) is 0 Å². The molecule has 3 heterocycles. The Bertz CT molecular complexity index is 3080. The normalized spacial score (nSPS) is 13.1. The second-order valence-electron chi connectivity index (χ2n) is 14.7. The molecule has 0 N–H and O–H groups in total. The third kappa shape index (κ3) is 4.27. The highest BCUT2D eigenvalue weighted by Crippen LogP contribution is 2.61. The maximum Gasteiger partial charge on any atom is 0.164 e. The van der Waals surface area contributed by atoms with Crippen LogP contribution in [-0.2, 0) is 5.41 Å². The van der Waals surface area contributed by atoms with Gasteiger partial charge in [-0.25, -0.2) is 15.0 Å². The van der Waals surface area contributed by atoms with E-state index < -0.39 is 5.41 Å². The first-order valence-corrected chi connectivity index (χ1v) is 19.1. The fourth-order valence-corrected chi connectivity index (χ4v) is 9.49. The molecule has 8 aromatic carbocycles. The summed E-state index contributed by atoms with van der Waals surface area (Å²) in [5, 5.41) is 2.55. The fourth-order valence-electron chi connectivity index (χ4n) is 9.49. The second-order valence-corrected chi connectivity index (χ2v) is 14.7. The highest BCUT2D eigenvalue weighted by Gasteiger charge is 2.50. The van der Waals surface area contributed by atoms with Crippen LogP contribution in [0.25, 0.3) is 83.9 Å². The van der Waals surface area contributed by atoms with Crippen molar-refractivity contribution in [2.45, 2.75) is 5.41 Å². The molecule has 0 saturated carbocycles. The minimum absolute atomic E-state index is 0.458. The molecule has 1 aliphatic carbocycles. The first-order chi connectivity index (χ1) is 27.8. The van der Waals surface area contributed by atoms with Crippen LogP contribution < -0.4 is 0 Å². The first-order valence-electron chi connectivity index (χ1n) is 19.1. The third-order valence-electron chi connectivity index (χ3n) is 11.9. The van der Waals surface area contributed by atoms with Gasteiger partial charge in [-0.05, 0) is 56.6 Å². The van der Waals surface area contributed by atoms with Crippen molar-refractivity contribution in [3.63, 3.8) is 0 Å². The van der Waals surface area contributed by atoms with Crippen LogP contribution in [0, 0.1) is 0 Å². The Morgan fingerprint density at radius 1 is 0.339 bits per heavy atom. The molecule has 10 aromatic rings. The van der Waals surface area contributed by atoms with Gasteiger partial charge in [0.2, 0.25) is 0 Å². The van der Waals surface area contributed by atoms with E-state index in [0.29, 0.717) is 17.5 Å². The zero-order chi connectivity index (χ0) is 36.8. The predicted molar refractivity (Wildman–Crippen MR) is 227 cm³/mol. The topological polar surface area (TPSA) is 43.6 Å². The van der Waals surface area contributed by atoms with Gasteiger partial charge in [-0.15, -0.1) is 0 Å². The first kappa shape index (κ1) is 31.0. The van der Waals surface area contributed by atoms with Gasteiger partial charge in [-0.3, -0.25) is 0 Å². The molecular formula is C52H32N4. The number of rotatable bonds is 4. The summed E-state index contributed by atoms with van der Waals surface area (Å²) in [6.07, 6.45) is 0. The van der Waals surface area contributed by atoms with Crippen LogP contribution in [0.4, 0.5) is 0 Å². The van der Waals surface area contributed by atoms with Gasteiger partial charge >= 0.3 is 0 Å². The largest absolute Gasteiger partial charge is 0.309 e. The number of para-hydroxylation sites is 2. The van der Waals surface area contributed by atoms with E-state index in [-0.39, 0.29) is 0 Å². The van der Waals surface area contributed by atoms with E-state index >= 15 is 0 Å². The maximum absolute atomic E-state index is 4.98. The SMILES string of the molecule is c1ccc(-c2nc(-c3ccccc3)nc(-c3ccc(-c4ccc5c(c4)-n4c6ccccc6c6cccc(c64)C54c5ccccc5-c5ccccc54)cc3)n2)cc1. The molecule has 56 heavy (non-hydrogen) atoms. The third-order valence-corrected chi connectivity index (χ3v) is 11.9. The number of aromatic nitrogens is 4. The van der Waals surface area contributed by atoms with Crippen molar-refractivity contribution >= 4 is 21.8 Å². The highest BCUT2D eigenvalue weighted by atomic mass is 15.0. The van der Waals surface area contributed by atoms with E-state index in [1.54, 1.807) is 0 Å². The number of hydrogen-bond acceptors (Lipinski definition) is 3. The lowest BCUT2D eigenvalue weighted by Crippen LogP contribution is -2.33. The minimum Gasteiger partial charge on any atom is -0.309 e. The predicted octanol–water partition coefficient (Wildman–Crippen LogP) is 12.3. The van der Waals surface area contributed by atoms with Gasteiger partial charge < -0.3 is 4.57 Å². The molecule has 0 amide bonds. The van der Waals surface area contributed by atoms with E-state index in [1.807, 2.05) is 60.7 Å². The second kappa shape index (κ2) is 11.8. The molecule has 4 heteroatoms. The van der Waals surface area contributed by atoms with Gasteiger partial charge in [0, 0.05) is 27.5 Å². The molecule has 0 radical (unpaired) electrons. The molecule has 12 rings (SSSR count). The van der Waals surface area contributed by atoms with Gasteiger partial charge in [0.05, 0.1) is 22.1 Å². The maximum atomic E-state index is 4.98. The average Bonchev–Trinajstić information content (AvgIpc) is 3.77. The van der Waals surface area contributed by atoms with Crippen molar-refractivity contribution in [3.05, 3.63) is 216 Å². The smallest absolute Gasteiger partial charge is 0.164 e. The summed E-state index contributed by atoms with van der Waals surface area (Å²) in [6, 6.07) is 69.8. The molecule has 0 saturated heterocycles. The number of hydrogen-bond donors (Lipinski definition) is 0.